The minimum absolute atomic E-state index is 0.127. The number of ether oxygens (including phenoxy) is 3. The number of anilines is 1. The first kappa shape index (κ1) is 16.6. The summed E-state index contributed by atoms with van der Waals surface area (Å²) in [5, 5.41) is 2.88. The van der Waals surface area contributed by atoms with Gasteiger partial charge < -0.3 is 19.5 Å². The van der Waals surface area contributed by atoms with E-state index in [2.05, 4.69) is 10.3 Å². The van der Waals surface area contributed by atoms with Crippen molar-refractivity contribution >= 4 is 11.7 Å². The zero-order valence-corrected chi connectivity index (χ0v) is 14.9. The number of nitrogens with zero attached hydrogens (tertiary/aromatic N) is 2. The maximum atomic E-state index is 13.3. The Morgan fingerprint density at radius 2 is 2.07 bits per heavy atom. The quantitative estimate of drug-likeness (QED) is 0.754. The molecule has 5 rings (SSSR count). The fourth-order valence-electron chi connectivity index (χ4n) is 3.63. The number of hydrogen-bond donors (Lipinski definition) is 1. The Bertz CT molecular complexity index is 1080. The number of amides is 1. The van der Waals surface area contributed by atoms with E-state index < -0.39 is 0 Å². The van der Waals surface area contributed by atoms with E-state index in [0.717, 1.165) is 11.3 Å². The second-order valence-electron chi connectivity index (χ2n) is 6.59. The normalized spacial score (nSPS) is 17.2. The van der Waals surface area contributed by atoms with Gasteiger partial charge in [0.1, 0.15) is 18.0 Å². The van der Waals surface area contributed by atoms with Gasteiger partial charge in [0.15, 0.2) is 11.5 Å². The number of aromatic nitrogens is 2. The number of imidazole rings is 1. The smallest absolute Gasteiger partial charge is 0.231 e. The molecule has 2 aliphatic rings. The Kier molecular flexibility index (Phi) is 3.71. The lowest BCUT2D eigenvalue weighted by Gasteiger charge is -2.24. The molecule has 0 fully saturated rings. The predicted octanol–water partition coefficient (Wildman–Crippen LogP) is 3.22. The van der Waals surface area contributed by atoms with Crippen LogP contribution in [-0.2, 0) is 4.79 Å². The number of fused-ring (bicyclic) bond motifs is 2. The van der Waals surface area contributed by atoms with Crippen LogP contribution in [0, 0.1) is 5.82 Å². The molecule has 0 saturated heterocycles. The molecule has 3 aromatic rings. The number of carbonyl (C=O) groups excluding carboxylic acids is 1. The van der Waals surface area contributed by atoms with Crippen molar-refractivity contribution in [2.24, 2.45) is 0 Å². The summed E-state index contributed by atoms with van der Waals surface area (Å²) in [7, 11) is 1.56. The number of carbonyl (C=O) groups is 1. The molecule has 2 aromatic carbocycles. The van der Waals surface area contributed by atoms with Gasteiger partial charge in [-0.05, 0) is 42.0 Å². The first-order valence-electron chi connectivity index (χ1n) is 8.74. The molecule has 0 radical (unpaired) electrons. The number of methoxy groups -OCH3 is 1. The van der Waals surface area contributed by atoms with Gasteiger partial charge in [0.05, 0.1) is 12.8 Å². The van der Waals surface area contributed by atoms with Crippen molar-refractivity contribution in [2.45, 2.75) is 12.3 Å². The Labute approximate surface area is 159 Å². The molecule has 0 saturated carbocycles. The van der Waals surface area contributed by atoms with Crippen molar-refractivity contribution < 1.29 is 23.4 Å². The maximum Gasteiger partial charge on any atom is 0.231 e. The van der Waals surface area contributed by atoms with E-state index in [9.17, 15) is 9.18 Å². The van der Waals surface area contributed by atoms with Crippen molar-refractivity contribution in [2.75, 3.05) is 19.2 Å². The van der Waals surface area contributed by atoms with E-state index in [1.165, 1.54) is 12.1 Å². The van der Waals surface area contributed by atoms with E-state index in [-0.39, 0.29) is 30.9 Å². The Balaban J connectivity index is 1.61. The van der Waals surface area contributed by atoms with Crippen LogP contribution >= 0.6 is 0 Å². The highest BCUT2D eigenvalue weighted by Gasteiger charge is 2.33. The minimum Gasteiger partial charge on any atom is -0.493 e. The molecule has 0 spiro atoms. The first-order chi connectivity index (χ1) is 13.6. The number of nitrogens with one attached hydrogen (secondary N) is 1. The Morgan fingerprint density at radius 3 is 2.86 bits per heavy atom. The predicted molar refractivity (Wildman–Crippen MR) is 97.7 cm³/mol. The Morgan fingerprint density at radius 1 is 1.25 bits per heavy atom. The highest BCUT2D eigenvalue weighted by molar-refractivity contribution is 5.94. The summed E-state index contributed by atoms with van der Waals surface area (Å²) in [6.45, 7) is 0.130. The van der Waals surface area contributed by atoms with Gasteiger partial charge in [-0.1, -0.05) is 0 Å². The average molecular weight is 381 g/mol. The largest absolute Gasteiger partial charge is 0.493 e. The lowest BCUT2D eigenvalue weighted by Crippen LogP contribution is -2.25. The summed E-state index contributed by atoms with van der Waals surface area (Å²) >= 11 is 0. The molecule has 1 amide bonds. The van der Waals surface area contributed by atoms with Crippen LogP contribution in [0.25, 0.3) is 5.69 Å². The lowest BCUT2D eigenvalue weighted by molar-refractivity contribution is -0.116. The molecule has 3 heterocycles. The Hall–Kier alpha value is -3.55. The van der Waals surface area contributed by atoms with Crippen LogP contribution in [0.15, 0.2) is 42.7 Å². The van der Waals surface area contributed by atoms with Crippen molar-refractivity contribution in [1.82, 2.24) is 9.55 Å². The second kappa shape index (κ2) is 6.26. The van der Waals surface area contributed by atoms with Crippen LogP contribution in [-0.4, -0.2) is 29.4 Å². The molecule has 7 nitrogen and oxygen atoms in total. The maximum absolute atomic E-state index is 13.3. The number of halogens is 1. The van der Waals surface area contributed by atoms with Crippen LogP contribution < -0.4 is 19.5 Å². The van der Waals surface area contributed by atoms with Gasteiger partial charge in [-0.2, -0.15) is 0 Å². The average Bonchev–Trinajstić information content (AvgIpc) is 3.34. The molecule has 8 heteroatoms. The van der Waals surface area contributed by atoms with E-state index in [4.69, 9.17) is 14.2 Å². The van der Waals surface area contributed by atoms with Crippen molar-refractivity contribution in [3.8, 4) is 22.9 Å². The van der Waals surface area contributed by atoms with E-state index in [0.29, 0.717) is 28.8 Å². The standard InChI is InChI=1S/C20H16FN3O4/c1-26-15-6-11(7-16-19(15)28-10-27-16)14-8-17(25)23-20-18(14)22-9-24(20)13-4-2-12(21)3-5-13/h2-7,9,14H,8,10H2,1H3,(H,23,25). The highest BCUT2D eigenvalue weighted by atomic mass is 19.1. The fourth-order valence-corrected chi connectivity index (χ4v) is 3.63. The van der Waals surface area contributed by atoms with E-state index in [1.54, 1.807) is 30.1 Å². The van der Waals surface area contributed by atoms with E-state index >= 15 is 0 Å². The monoisotopic (exact) mass is 381 g/mol. The topological polar surface area (TPSA) is 74.6 Å². The van der Waals surface area contributed by atoms with Gasteiger partial charge in [0, 0.05) is 18.0 Å². The van der Waals surface area contributed by atoms with Gasteiger partial charge in [0.2, 0.25) is 18.4 Å². The van der Waals surface area contributed by atoms with Crippen molar-refractivity contribution in [3.05, 3.63) is 59.8 Å². The molecule has 1 unspecified atom stereocenters. The second-order valence-corrected chi connectivity index (χ2v) is 6.59. The van der Waals surface area contributed by atoms with Crippen molar-refractivity contribution in [3.63, 3.8) is 0 Å². The third-order valence-electron chi connectivity index (χ3n) is 4.96. The summed E-state index contributed by atoms with van der Waals surface area (Å²) < 4.78 is 31.4. The van der Waals surface area contributed by atoms with Crippen LogP contribution in [0.3, 0.4) is 0 Å². The molecular formula is C20H16FN3O4. The van der Waals surface area contributed by atoms with Gasteiger partial charge in [-0.25, -0.2) is 9.37 Å². The minimum atomic E-state index is -0.327. The van der Waals surface area contributed by atoms with Crippen molar-refractivity contribution in [1.29, 1.82) is 0 Å². The van der Waals surface area contributed by atoms with Gasteiger partial charge in [-0.3, -0.25) is 9.36 Å². The van der Waals surface area contributed by atoms with Crippen LogP contribution in [0.2, 0.25) is 0 Å². The van der Waals surface area contributed by atoms with Crippen LogP contribution in [0.5, 0.6) is 17.2 Å². The third-order valence-corrected chi connectivity index (χ3v) is 4.96. The number of hydrogen-bond acceptors (Lipinski definition) is 5. The highest BCUT2D eigenvalue weighted by Crippen LogP contribution is 2.46. The molecule has 0 aliphatic carbocycles. The molecule has 1 N–H and O–H groups in total. The molecular weight excluding hydrogens is 365 g/mol. The molecule has 142 valence electrons. The summed E-state index contributed by atoms with van der Waals surface area (Å²) in [6, 6.07) is 9.71. The number of rotatable bonds is 3. The summed E-state index contributed by atoms with van der Waals surface area (Å²) in [5.41, 5.74) is 2.28. The van der Waals surface area contributed by atoms with Gasteiger partial charge in [-0.15, -0.1) is 0 Å². The summed E-state index contributed by atoms with van der Waals surface area (Å²) in [5.74, 6) is 1.54. The third kappa shape index (κ3) is 2.57. The van der Waals surface area contributed by atoms with Gasteiger partial charge >= 0.3 is 0 Å². The zero-order valence-electron chi connectivity index (χ0n) is 14.9. The molecule has 1 atom stereocenters. The molecule has 2 aliphatic heterocycles. The first-order valence-corrected chi connectivity index (χ1v) is 8.74. The molecule has 0 bridgehead atoms. The summed E-state index contributed by atoms with van der Waals surface area (Å²) in [6.07, 6.45) is 1.87. The van der Waals surface area contributed by atoms with Gasteiger partial charge in [0.25, 0.3) is 0 Å². The zero-order chi connectivity index (χ0) is 19.3. The molecule has 28 heavy (non-hydrogen) atoms. The SMILES string of the molecule is COc1cc(C2CC(=O)Nc3c2ncn3-c2ccc(F)cc2)cc2c1OCO2. The number of benzene rings is 2. The molecule has 1 aromatic heterocycles. The fraction of sp³-hybridized carbons (Fsp3) is 0.200. The lowest BCUT2D eigenvalue weighted by atomic mass is 9.89. The van der Waals surface area contributed by atoms with E-state index in [1.807, 2.05) is 12.1 Å². The van der Waals surface area contributed by atoms with Crippen LogP contribution in [0.4, 0.5) is 10.2 Å². The van der Waals surface area contributed by atoms with Crippen LogP contribution in [0.1, 0.15) is 23.6 Å². The summed E-state index contributed by atoms with van der Waals surface area (Å²) in [4.78, 5) is 17.0.